The van der Waals surface area contributed by atoms with Crippen LogP contribution in [0.25, 0.3) is 0 Å². The summed E-state index contributed by atoms with van der Waals surface area (Å²) in [5.74, 6) is 1.37. The Labute approximate surface area is 146 Å². The maximum Gasteiger partial charge on any atom is 0.251 e. The van der Waals surface area contributed by atoms with E-state index in [0.29, 0.717) is 41.8 Å². The number of halogens is 1. The van der Waals surface area contributed by atoms with Gasteiger partial charge in [0.15, 0.2) is 11.5 Å². The molecule has 0 aliphatic carbocycles. The van der Waals surface area contributed by atoms with Gasteiger partial charge in [-0.25, -0.2) is 0 Å². The highest BCUT2D eigenvalue weighted by Gasteiger charge is 2.15. The first-order valence-corrected chi connectivity index (χ1v) is 8.00. The zero-order valence-electron chi connectivity index (χ0n) is 13.7. The Balaban J connectivity index is 1.93. The maximum absolute atomic E-state index is 12.2. The normalized spacial score (nSPS) is 10.1. The molecule has 0 spiro atoms. The zero-order chi connectivity index (χ0) is 17.4. The minimum Gasteiger partial charge on any atom is -0.493 e. The number of carbonyl (C=O) groups excluding carboxylic acids is 1. The predicted octanol–water partition coefficient (Wildman–Crippen LogP) is 3.56. The van der Waals surface area contributed by atoms with E-state index in [1.165, 1.54) is 7.11 Å². The Morgan fingerprint density at radius 1 is 1.17 bits per heavy atom. The number of hydrogen-bond donors (Lipinski definition) is 1. The van der Waals surface area contributed by atoms with Gasteiger partial charge in [0.05, 0.1) is 25.3 Å². The van der Waals surface area contributed by atoms with Gasteiger partial charge in [-0.05, 0) is 31.2 Å². The number of carbonyl (C=O) groups is 1. The van der Waals surface area contributed by atoms with Crippen molar-refractivity contribution in [1.29, 1.82) is 0 Å². The Morgan fingerprint density at radius 2 is 1.92 bits per heavy atom. The van der Waals surface area contributed by atoms with Crippen LogP contribution >= 0.6 is 11.6 Å². The molecule has 6 heteroatoms. The summed E-state index contributed by atoms with van der Waals surface area (Å²) in [5, 5.41) is 3.12. The number of rotatable bonds is 8. The Morgan fingerprint density at radius 3 is 2.58 bits per heavy atom. The lowest BCUT2D eigenvalue weighted by Gasteiger charge is -2.13. The summed E-state index contributed by atoms with van der Waals surface area (Å²) >= 11 is 6.17. The molecule has 2 aromatic rings. The molecule has 0 bridgehead atoms. The van der Waals surface area contributed by atoms with Gasteiger partial charge in [-0.3, -0.25) is 4.79 Å². The van der Waals surface area contributed by atoms with Crippen LogP contribution in [0.4, 0.5) is 0 Å². The Bertz CT molecular complexity index is 676. The van der Waals surface area contributed by atoms with E-state index >= 15 is 0 Å². The van der Waals surface area contributed by atoms with Crippen LogP contribution in [-0.2, 0) is 0 Å². The highest BCUT2D eigenvalue weighted by atomic mass is 35.5. The smallest absolute Gasteiger partial charge is 0.251 e. The third kappa shape index (κ3) is 4.80. The maximum atomic E-state index is 12.2. The van der Waals surface area contributed by atoms with Crippen LogP contribution in [-0.4, -0.2) is 32.8 Å². The summed E-state index contributed by atoms with van der Waals surface area (Å²) in [6, 6.07) is 12.6. The molecule has 0 saturated heterocycles. The fourth-order valence-corrected chi connectivity index (χ4v) is 2.35. The average Bonchev–Trinajstić information content (AvgIpc) is 2.61. The topological polar surface area (TPSA) is 56.8 Å². The first-order chi connectivity index (χ1) is 11.7. The lowest BCUT2D eigenvalue weighted by atomic mass is 10.2. The molecule has 0 saturated carbocycles. The molecule has 2 rings (SSSR count). The summed E-state index contributed by atoms with van der Waals surface area (Å²) in [7, 11) is 1.50. The second kappa shape index (κ2) is 9.03. The van der Waals surface area contributed by atoms with Crippen molar-refractivity contribution in [2.75, 3.05) is 26.9 Å². The van der Waals surface area contributed by atoms with E-state index in [0.717, 1.165) is 5.75 Å². The van der Waals surface area contributed by atoms with Gasteiger partial charge in [0.1, 0.15) is 12.4 Å². The van der Waals surface area contributed by atoms with Crippen molar-refractivity contribution in [2.24, 2.45) is 0 Å². The van der Waals surface area contributed by atoms with Gasteiger partial charge in [0, 0.05) is 5.56 Å². The number of amides is 1. The van der Waals surface area contributed by atoms with Crippen molar-refractivity contribution >= 4 is 17.5 Å². The highest BCUT2D eigenvalue weighted by Crippen LogP contribution is 2.36. The molecule has 0 heterocycles. The summed E-state index contributed by atoms with van der Waals surface area (Å²) in [6.07, 6.45) is 0. The van der Waals surface area contributed by atoms with Crippen LogP contribution in [0.5, 0.6) is 17.2 Å². The van der Waals surface area contributed by atoms with Crippen molar-refractivity contribution in [3.8, 4) is 17.2 Å². The quantitative estimate of drug-likeness (QED) is 0.740. The first kappa shape index (κ1) is 17.9. The fourth-order valence-electron chi connectivity index (χ4n) is 2.09. The summed E-state index contributed by atoms with van der Waals surface area (Å²) in [5.41, 5.74) is 0.403. The SMILES string of the molecule is CCOc1c(Cl)cc(C(=O)NCCOc2ccccc2)cc1OC. The standard InChI is InChI=1S/C18H20ClNO4/c1-3-23-17-15(19)11-13(12-16(17)22-2)18(21)20-9-10-24-14-7-5-4-6-8-14/h4-8,11-12H,3,9-10H2,1-2H3,(H,20,21). The summed E-state index contributed by atoms with van der Waals surface area (Å²) < 4.78 is 16.2. The van der Waals surface area contributed by atoms with Crippen molar-refractivity contribution in [1.82, 2.24) is 5.32 Å². The summed E-state index contributed by atoms with van der Waals surface area (Å²) in [6.45, 7) is 3.06. The largest absolute Gasteiger partial charge is 0.493 e. The molecule has 0 aliphatic heterocycles. The van der Waals surface area contributed by atoms with Crippen LogP contribution in [0.2, 0.25) is 5.02 Å². The van der Waals surface area contributed by atoms with Gasteiger partial charge in [-0.2, -0.15) is 0 Å². The zero-order valence-corrected chi connectivity index (χ0v) is 14.4. The Kier molecular flexibility index (Phi) is 6.75. The fraction of sp³-hybridized carbons (Fsp3) is 0.278. The molecule has 0 aromatic heterocycles. The van der Waals surface area contributed by atoms with Gasteiger partial charge in [0.25, 0.3) is 5.91 Å². The summed E-state index contributed by atoms with van der Waals surface area (Å²) in [4.78, 5) is 12.2. The van der Waals surface area contributed by atoms with E-state index in [4.69, 9.17) is 25.8 Å². The van der Waals surface area contributed by atoms with Gasteiger partial charge in [-0.15, -0.1) is 0 Å². The van der Waals surface area contributed by atoms with Crippen LogP contribution in [0.3, 0.4) is 0 Å². The Hall–Kier alpha value is -2.40. The molecule has 5 nitrogen and oxygen atoms in total. The van der Waals surface area contributed by atoms with E-state index in [-0.39, 0.29) is 5.91 Å². The predicted molar refractivity (Wildman–Crippen MR) is 93.4 cm³/mol. The van der Waals surface area contributed by atoms with Crippen molar-refractivity contribution in [3.05, 3.63) is 53.1 Å². The van der Waals surface area contributed by atoms with Crippen LogP contribution in [0.1, 0.15) is 17.3 Å². The van der Waals surface area contributed by atoms with Gasteiger partial charge in [0.2, 0.25) is 0 Å². The van der Waals surface area contributed by atoms with Gasteiger partial charge >= 0.3 is 0 Å². The molecule has 1 N–H and O–H groups in total. The molecule has 0 aliphatic rings. The molecular formula is C18H20ClNO4. The second-order valence-electron chi connectivity index (χ2n) is 4.84. The first-order valence-electron chi connectivity index (χ1n) is 7.62. The van der Waals surface area contributed by atoms with Crippen molar-refractivity contribution in [3.63, 3.8) is 0 Å². The molecular weight excluding hydrogens is 330 g/mol. The lowest BCUT2D eigenvalue weighted by molar-refractivity contribution is 0.0946. The van der Waals surface area contributed by atoms with Crippen LogP contribution in [0.15, 0.2) is 42.5 Å². The van der Waals surface area contributed by atoms with E-state index in [2.05, 4.69) is 5.32 Å². The molecule has 128 valence electrons. The van der Waals surface area contributed by atoms with E-state index < -0.39 is 0 Å². The molecule has 0 unspecified atom stereocenters. The van der Waals surface area contributed by atoms with Crippen LogP contribution in [0, 0.1) is 0 Å². The number of ether oxygens (including phenoxy) is 3. The van der Waals surface area contributed by atoms with Crippen molar-refractivity contribution in [2.45, 2.75) is 6.92 Å². The third-order valence-electron chi connectivity index (χ3n) is 3.18. The van der Waals surface area contributed by atoms with Gasteiger partial charge in [-0.1, -0.05) is 29.8 Å². The van der Waals surface area contributed by atoms with Crippen molar-refractivity contribution < 1.29 is 19.0 Å². The highest BCUT2D eigenvalue weighted by molar-refractivity contribution is 6.32. The molecule has 24 heavy (non-hydrogen) atoms. The van der Waals surface area contributed by atoms with E-state index in [9.17, 15) is 4.79 Å². The number of para-hydroxylation sites is 1. The number of hydrogen-bond acceptors (Lipinski definition) is 4. The van der Waals surface area contributed by atoms with E-state index in [1.54, 1.807) is 12.1 Å². The number of benzene rings is 2. The minimum absolute atomic E-state index is 0.255. The number of methoxy groups -OCH3 is 1. The molecule has 0 radical (unpaired) electrons. The molecule has 2 aromatic carbocycles. The molecule has 1 amide bonds. The molecule has 0 atom stereocenters. The lowest BCUT2D eigenvalue weighted by Crippen LogP contribution is -2.28. The van der Waals surface area contributed by atoms with Crippen LogP contribution < -0.4 is 19.5 Å². The second-order valence-corrected chi connectivity index (χ2v) is 5.25. The monoisotopic (exact) mass is 349 g/mol. The minimum atomic E-state index is -0.255. The molecule has 0 fully saturated rings. The third-order valence-corrected chi connectivity index (χ3v) is 3.46. The van der Waals surface area contributed by atoms with Gasteiger partial charge < -0.3 is 19.5 Å². The average molecular weight is 350 g/mol. The van der Waals surface area contributed by atoms with E-state index in [1.807, 2.05) is 37.3 Å². The number of nitrogens with one attached hydrogen (secondary N) is 1.